The van der Waals surface area contributed by atoms with E-state index in [1.165, 1.54) is 6.08 Å². The number of carbonyl (C=O) groups is 2. The van der Waals surface area contributed by atoms with Gasteiger partial charge in [0.15, 0.2) is 5.82 Å². The van der Waals surface area contributed by atoms with Gasteiger partial charge >= 0.3 is 0 Å². The van der Waals surface area contributed by atoms with Gasteiger partial charge in [0, 0.05) is 24.7 Å². The number of amides is 2. The number of aryl methyl sites for hydroxylation is 1. The predicted octanol–water partition coefficient (Wildman–Crippen LogP) is 1.57. The molecule has 124 valence electrons. The molecule has 1 aliphatic rings. The van der Waals surface area contributed by atoms with Crippen molar-refractivity contribution in [2.75, 3.05) is 11.4 Å². The Morgan fingerprint density at radius 2 is 2.17 bits per heavy atom. The number of hydrogen-bond acceptors (Lipinski definition) is 4. The molecule has 0 atom stereocenters. The van der Waals surface area contributed by atoms with Gasteiger partial charge in [-0.25, -0.2) is 4.98 Å². The number of nitrogens with one attached hydrogen (secondary N) is 2. The summed E-state index contributed by atoms with van der Waals surface area (Å²) in [6.07, 6.45) is 4.72. The molecule has 0 spiro atoms. The normalized spacial score (nSPS) is 14.5. The van der Waals surface area contributed by atoms with E-state index in [-0.39, 0.29) is 18.4 Å². The maximum absolute atomic E-state index is 11.8. The van der Waals surface area contributed by atoms with Crippen molar-refractivity contribution < 1.29 is 9.59 Å². The van der Waals surface area contributed by atoms with Gasteiger partial charge in [-0.15, -0.1) is 0 Å². The maximum Gasteiger partial charge on any atom is 0.244 e. The fourth-order valence-electron chi connectivity index (χ4n) is 2.55. The van der Waals surface area contributed by atoms with Gasteiger partial charge in [-0.3, -0.25) is 14.7 Å². The van der Waals surface area contributed by atoms with E-state index < -0.39 is 0 Å². The molecule has 24 heavy (non-hydrogen) atoms. The molecular weight excluding hydrogens is 306 g/mol. The van der Waals surface area contributed by atoms with Gasteiger partial charge in [-0.1, -0.05) is 12.1 Å². The number of carbonyl (C=O) groups excluding carboxylic acids is 2. The van der Waals surface area contributed by atoms with Gasteiger partial charge in [0.25, 0.3) is 0 Å². The lowest BCUT2D eigenvalue weighted by molar-refractivity contribution is -0.117. The lowest BCUT2D eigenvalue weighted by Crippen LogP contribution is -2.23. The summed E-state index contributed by atoms with van der Waals surface area (Å²) in [6.45, 7) is 2.86. The molecule has 7 heteroatoms. The zero-order valence-electron chi connectivity index (χ0n) is 13.5. The first-order chi connectivity index (χ1) is 11.6. The lowest BCUT2D eigenvalue weighted by atomic mass is 10.2. The highest BCUT2D eigenvalue weighted by atomic mass is 16.2. The SMILES string of the molecule is Cc1nc(CNC(=O)/C=C/c2ccc(N3CCCC3=O)cc2)n[nH]1. The third-order valence-corrected chi connectivity index (χ3v) is 3.77. The van der Waals surface area contributed by atoms with E-state index in [1.54, 1.807) is 17.9 Å². The van der Waals surface area contributed by atoms with Gasteiger partial charge in [0.05, 0.1) is 6.54 Å². The van der Waals surface area contributed by atoms with Crippen LogP contribution in [-0.4, -0.2) is 33.5 Å². The van der Waals surface area contributed by atoms with Gasteiger partial charge in [-0.2, -0.15) is 5.10 Å². The highest BCUT2D eigenvalue weighted by Crippen LogP contribution is 2.21. The minimum atomic E-state index is -0.212. The van der Waals surface area contributed by atoms with Crippen LogP contribution in [0.15, 0.2) is 30.3 Å². The van der Waals surface area contributed by atoms with Crippen LogP contribution >= 0.6 is 0 Å². The van der Waals surface area contributed by atoms with Crippen molar-refractivity contribution in [2.45, 2.75) is 26.3 Å². The molecule has 0 bridgehead atoms. The largest absolute Gasteiger partial charge is 0.345 e. The second kappa shape index (κ2) is 7.08. The van der Waals surface area contributed by atoms with Crippen LogP contribution in [0.25, 0.3) is 6.08 Å². The van der Waals surface area contributed by atoms with Crippen molar-refractivity contribution in [3.8, 4) is 0 Å². The quantitative estimate of drug-likeness (QED) is 0.816. The number of hydrogen-bond donors (Lipinski definition) is 2. The van der Waals surface area contributed by atoms with E-state index in [2.05, 4.69) is 20.5 Å². The van der Waals surface area contributed by atoms with Crippen LogP contribution in [0.5, 0.6) is 0 Å². The van der Waals surface area contributed by atoms with E-state index in [1.807, 2.05) is 24.3 Å². The molecule has 0 unspecified atom stereocenters. The lowest BCUT2D eigenvalue weighted by Gasteiger charge is -2.15. The average Bonchev–Trinajstić information content (AvgIpc) is 3.20. The number of rotatable bonds is 5. The monoisotopic (exact) mass is 325 g/mol. The molecule has 7 nitrogen and oxygen atoms in total. The first-order valence-corrected chi connectivity index (χ1v) is 7.86. The molecule has 0 saturated carbocycles. The average molecular weight is 325 g/mol. The molecule has 0 aliphatic carbocycles. The van der Waals surface area contributed by atoms with Crippen molar-refractivity contribution in [3.63, 3.8) is 0 Å². The Balaban J connectivity index is 1.54. The molecule has 2 heterocycles. The summed E-state index contributed by atoms with van der Waals surface area (Å²) in [6, 6.07) is 7.58. The fraction of sp³-hybridized carbons (Fsp3) is 0.294. The summed E-state index contributed by atoms with van der Waals surface area (Å²) in [5.41, 5.74) is 1.80. The Morgan fingerprint density at radius 1 is 1.38 bits per heavy atom. The van der Waals surface area contributed by atoms with E-state index in [4.69, 9.17) is 0 Å². The Morgan fingerprint density at radius 3 is 2.79 bits per heavy atom. The molecule has 0 radical (unpaired) electrons. The van der Waals surface area contributed by atoms with Crippen molar-refractivity contribution in [3.05, 3.63) is 47.6 Å². The van der Waals surface area contributed by atoms with Crippen molar-refractivity contribution in [2.24, 2.45) is 0 Å². The molecule has 1 saturated heterocycles. The molecule has 2 aromatic rings. The highest BCUT2D eigenvalue weighted by Gasteiger charge is 2.21. The van der Waals surface area contributed by atoms with Crippen LogP contribution in [0.4, 0.5) is 5.69 Å². The topological polar surface area (TPSA) is 91.0 Å². The summed E-state index contributed by atoms with van der Waals surface area (Å²) < 4.78 is 0. The number of H-pyrrole nitrogens is 1. The first-order valence-electron chi connectivity index (χ1n) is 7.86. The molecule has 1 aliphatic heterocycles. The summed E-state index contributed by atoms with van der Waals surface area (Å²) in [7, 11) is 0. The standard InChI is InChI=1S/C17H19N5O2/c1-12-19-15(21-20-12)11-18-16(23)9-6-13-4-7-14(8-5-13)22-10-2-3-17(22)24/h4-9H,2-3,10-11H2,1H3,(H,18,23)(H,19,20,21)/b9-6+. The van der Waals surface area contributed by atoms with E-state index >= 15 is 0 Å². The zero-order valence-corrected chi connectivity index (χ0v) is 13.5. The number of nitrogens with zero attached hydrogens (tertiary/aromatic N) is 3. The van der Waals surface area contributed by atoms with Gasteiger partial charge in [-0.05, 0) is 37.1 Å². The number of aromatic amines is 1. The Labute approximate surface area is 139 Å². The second-order valence-electron chi connectivity index (χ2n) is 5.63. The minimum absolute atomic E-state index is 0.167. The summed E-state index contributed by atoms with van der Waals surface area (Å²) in [5, 5.41) is 9.40. The van der Waals surface area contributed by atoms with Gasteiger partial charge in [0.1, 0.15) is 5.82 Å². The minimum Gasteiger partial charge on any atom is -0.345 e. The molecular formula is C17H19N5O2. The van der Waals surface area contributed by atoms with E-state index in [0.29, 0.717) is 18.1 Å². The Kier molecular flexibility index (Phi) is 4.69. The molecule has 1 aromatic carbocycles. The van der Waals surface area contributed by atoms with Crippen LogP contribution in [-0.2, 0) is 16.1 Å². The van der Waals surface area contributed by atoms with Crippen LogP contribution in [0.2, 0.25) is 0 Å². The highest BCUT2D eigenvalue weighted by molar-refractivity contribution is 5.95. The van der Waals surface area contributed by atoms with Crippen LogP contribution in [0.1, 0.15) is 30.1 Å². The smallest absolute Gasteiger partial charge is 0.244 e. The summed E-state index contributed by atoms with van der Waals surface area (Å²) >= 11 is 0. The number of aromatic nitrogens is 3. The van der Waals surface area contributed by atoms with Crippen molar-refractivity contribution in [1.29, 1.82) is 0 Å². The van der Waals surface area contributed by atoms with Crippen LogP contribution in [0, 0.1) is 6.92 Å². The van der Waals surface area contributed by atoms with Crippen LogP contribution < -0.4 is 10.2 Å². The molecule has 1 fully saturated rings. The molecule has 1 aromatic heterocycles. The number of benzene rings is 1. The molecule has 3 rings (SSSR count). The maximum atomic E-state index is 11.8. The summed E-state index contributed by atoms with van der Waals surface area (Å²) in [5.74, 6) is 1.22. The number of anilines is 1. The molecule has 2 amide bonds. The van der Waals surface area contributed by atoms with E-state index in [0.717, 1.165) is 24.2 Å². The van der Waals surface area contributed by atoms with Crippen molar-refractivity contribution >= 4 is 23.6 Å². The first kappa shape index (κ1) is 15.9. The Hall–Kier alpha value is -2.96. The predicted molar refractivity (Wildman–Crippen MR) is 90.0 cm³/mol. The Bertz CT molecular complexity index is 764. The van der Waals surface area contributed by atoms with Gasteiger partial charge < -0.3 is 10.2 Å². The van der Waals surface area contributed by atoms with E-state index in [9.17, 15) is 9.59 Å². The third-order valence-electron chi connectivity index (χ3n) is 3.77. The van der Waals surface area contributed by atoms with Crippen molar-refractivity contribution in [1.82, 2.24) is 20.5 Å². The third kappa shape index (κ3) is 3.87. The van der Waals surface area contributed by atoms with Gasteiger partial charge in [0.2, 0.25) is 11.8 Å². The fourth-order valence-corrected chi connectivity index (χ4v) is 2.55. The second-order valence-corrected chi connectivity index (χ2v) is 5.63. The zero-order chi connectivity index (χ0) is 16.9. The van der Waals surface area contributed by atoms with Crippen LogP contribution in [0.3, 0.4) is 0 Å². The summed E-state index contributed by atoms with van der Waals surface area (Å²) in [4.78, 5) is 29.4. The molecule has 2 N–H and O–H groups in total.